The lowest BCUT2D eigenvalue weighted by Crippen LogP contribution is -2.41. The quantitative estimate of drug-likeness (QED) is 0.890. The van der Waals surface area contributed by atoms with Crippen molar-refractivity contribution in [2.75, 3.05) is 26.7 Å². The fourth-order valence-electron chi connectivity index (χ4n) is 3.09. The molecule has 2 unspecified atom stereocenters. The lowest BCUT2D eigenvalue weighted by molar-refractivity contribution is 0.123. The molecule has 0 aliphatic carbocycles. The number of halogens is 1. The third-order valence-corrected chi connectivity index (χ3v) is 5.08. The van der Waals surface area contributed by atoms with Crippen LogP contribution in [0.2, 0.25) is 0 Å². The van der Waals surface area contributed by atoms with Gasteiger partial charge in [0.25, 0.3) is 0 Å². The summed E-state index contributed by atoms with van der Waals surface area (Å²) in [6.45, 7) is 5.22. The molecule has 0 bridgehead atoms. The maximum Gasteiger partial charge on any atom is 0.119 e. The molecule has 1 saturated heterocycles. The number of methoxy groups -OCH3 is 1. The minimum atomic E-state index is 0.272. The van der Waals surface area contributed by atoms with E-state index in [4.69, 9.17) is 10.5 Å². The highest BCUT2D eigenvalue weighted by molar-refractivity contribution is 9.10. The molecule has 1 heterocycles. The maximum atomic E-state index is 6.08. The number of nitrogens with two attached hydrogens (primary N) is 1. The topological polar surface area (TPSA) is 38.5 Å². The Morgan fingerprint density at radius 2 is 2.30 bits per heavy atom. The molecule has 0 spiro atoms. The van der Waals surface area contributed by atoms with Gasteiger partial charge in [-0.05, 0) is 49.1 Å². The first-order chi connectivity index (χ1) is 9.69. The lowest BCUT2D eigenvalue weighted by atomic mass is 9.93. The number of nitrogens with zero attached hydrogens (tertiary/aromatic N) is 1. The van der Waals surface area contributed by atoms with Crippen LogP contribution in [0.3, 0.4) is 0 Å². The predicted molar refractivity (Wildman–Crippen MR) is 87.1 cm³/mol. The van der Waals surface area contributed by atoms with Gasteiger partial charge in [0, 0.05) is 23.6 Å². The summed E-state index contributed by atoms with van der Waals surface area (Å²) in [6.07, 6.45) is 3.88. The standard InChI is InChI=1S/C16H25BrN2O/c1-3-12-5-4-8-19(11-12)16(10-18)14-9-13(20-2)6-7-15(14)17/h6-7,9,12,16H,3-5,8,10-11,18H2,1-2H3. The van der Waals surface area contributed by atoms with Gasteiger partial charge in [0.15, 0.2) is 0 Å². The Bertz CT molecular complexity index is 438. The molecule has 4 heteroatoms. The van der Waals surface area contributed by atoms with E-state index in [1.54, 1.807) is 7.11 Å². The van der Waals surface area contributed by atoms with Gasteiger partial charge in [0.05, 0.1) is 7.11 Å². The second-order valence-electron chi connectivity index (χ2n) is 5.55. The number of piperidine rings is 1. The van der Waals surface area contributed by atoms with Crippen LogP contribution in [0.5, 0.6) is 5.75 Å². The summed E-state index contributed by atoms with van der Waals surface area (Å²) in [7, 11) is 1.71. The Morgan fingerprint density at radius 3 is 2.95 bits per heavy atom. The molecule has 1 aliphatic rings. The first-order valence-electron chi connectivity index (χ1n) is 7.47. The fraction of sp³-hybridized carbons (Fsp3) is 0.625. The molecule has 2 atom stereocenters. The molecule has 2 rings (SSSR count). The van der Waals surface area contributed by atoms with Crippen molar-refractivity contribution in [3.05, 3.63) is 28.2 Å². The minimum absolute atomic E-state index is 0.272. The molecule has 2 N–H and O–H groups in total. The SMILES string of the molecule is CCC1CCCN(C(CN)c2cc(OC)ccc2Br)C1. The van der Waals surface area contributed by atoms with Crippen LogP contribution in [0.1, 0.15) is 37.8 Å². The molecule has 0 saturated carbocycles. The zero-order valence-corrected chi connectivity index (χ0v) is 14.0. The Hall–Kier alpha value is -0.580. The molecular formula is C16H25BrN2O. The average molecular weight is 341 g/mol. The number of likely N-dealkylation sites (tertiary alicyclic amines) is 1. The highest BCUT2D eigenvalue weighted by Crippen LogP contribution is 2.33. The van der Waals surface area contributed by atoms with E-state index in [9.17, 15) is 0 Å². The largest absolute Gasteiger partial charge is 0.497 e. The molecule has 0 amide bonds. The van der Waals surface area contributed by atoms with Gasteiger partial charge in [0.1, 0.15) is 5.75 Å². The van der Waals surface area contributed by atoms with Crippen molar-refractivity contribution in [2.45, 2.75) is 32.2 Å². The molecule has 1 fully saturated rings. The van der Waals surface area contributed by atoms with Crippen LogP contribution in [-0.4, -0.2) is 31.6 Å². The zero-order chi connectivity index (χ0) is 14.5. The van der Waals surface area contributed by atoms with Gasteiger partial charge in [-0.2, -0.15) is 0 Å². The van der Waals surface area contributed by atoms with E-state index in [-0.39, 0.29) is 6.04 Å². The van der Waals surface area contributed by atoms with E-state index >= 15 is 0 Å². The van der Waals surface area contributed by atoms with Crippen molar-refractivity contribution in [1.29, 1.82) is 0 Å². The second kappa shape index (κ2) is 7.43. The van der Waals surface area contributed by atoms with Crippen molar-refractivity contribution in [3.63, 3.8) is 0 Å². The van der Waals surface area contributed by atoms with E-state index in [1.807, 2.05) is 6.07 Å². The summed E-state index contributed by atoms with van der Waals surface area (Å²) in [6, 6.07) is 6.41. The molecule has 0 radical (unpaired) electrons. The second-order valence-corrected chi connectivity index (χ2v) is 6.40. The van der Waals surface area contributed by atoms with Crippen LogP contribution in [-0.2, 0) is 0 Å². The molecule has 0 aromatic heterocycles. The summed E-state index contributed by atoms with van der Waals surface area (Å²) in [5, 5.41) is 0. The number of benzene rings is 1. The number of ether oxygens (including phenoxy) is 1. The smallest absolute Gasteiger partial charge is 0.119 e. The van der Waals surface area contributed by atoms with Gasteiger partial charge in [-0.25, -0.2) is 0 Å². The third kappa shape index (κ3) is 3.54. The normalized spacial score (nSPS) is 21.7. The van der Waals surface area contributed by atoms with Crippen LogP contribution in [0.4, 0.5) is 0 Å². The van der Waals surface area contributed by atoms with Crippen molar-refractivity contribution in [1.82, 2.24) is 4.90 Å². The fourth-order valence-corrected chi connectivity index (χ4v) is 3.60. The number of hydrogen-bond acceptors (Lipinski definition) is 3. The Balaban J connectivity index is 2.22. The van der Waals surface area contributed by atoms with Crippen LogP contribution >= 0.6 is 15.9 Å². The lowest BCUT2D eigenvalue weighted by Gasteiger charge is -2.38. The molecule has 1 aromatic carbocycles. The Morgan fingerprint density at radius 1 is 1.50 bits per heavy atom. The molecular weight excluding hydrogens is 316 g/mol. The first-order valence-corrected chi connectivity index (χ1v) is 8.26. The highest BCUT2D eigenvalue weighted by Gasteiger charge is 2.26. The van der Waals surface area contributed by atoms with E-state index in [0.717, 1.165) is 29.2 Å². The van der Waals surface area contributed by atoms with Gasteiger partial charge in [-0.1, -0.05) is 29.3 Å². The van der Waals surface area contributed by atoms with Crippen molar-refractivity contribution in [2.24, 2.45) is 11.7 Å². The summed E-state index contributed by atoms with van der Waals surface area (Å²) >= 11 is 3.66. The molecule has 3 nitrogen and oxygen atoms in total. The van der Waals surface area contributed by atoms with Gasteiger partial charge >= 0.3 is 0 Å². The Labute approximate surface area is 130 Å². The van der Waals surface area contributed by atoms with Gasteiger partial charge in [0.2, 0.25) is 0 Å². The number of hydrogen-bond donors (Lipinski definition) is 1. The van der Waals surface area contributed by atoms with Crippen LogP contribution < -0.4 is 10.5 Å². The van der Waals surface area contributed by atoms with E-state index in [2.05, 4.69) is 39.9 Å². The monoisotopic (exact) mass is 340 g/mol. The van der Waals surface area contributed by atoms with Crippen LogP contribution in [0.25, 0.3) is 0 Å². The van der Waals surface area contributed by atoms with Gasteiger partial charge in [-0.3, -0.25) is 4.90 Å². The van der Waals surface area contributed by atoms with Gasteiger partial charge in [-0.15, -0.1) is 0 Å². The summed E-state index contributed by atoms with van der Waals surface area (Å²) in [5.74, 6) is 1.70. The zero-order valence-electron chi connectivity index (χ0n) is 12.4. The maximum absolute atomic E-state index is 6.08. The van der Waals surface area contributed by atoms with Gasteiger partial charge < -0.3 is 10.5 Å². The third-order valence-electron chi connectivity index (χ3n) is 4.35. The molecule has 1 aromatic rings. The molecule has 20 heavy (non-hydrogen) atoms. The van der Waals surface area contributed by atoms with Crippen LogP contribution in [0, 0.1) is 5.92 Å². The van der Waals surface area contributed by atoms with Crippen molar-refractivity contribution >= 4 is 15.9 Å². The highest BCUT2D eigenvalue weighted by atomic mass is 79.9. The summed E-state index contributed by atoms with van der Waals surface area (Å²) in [4.78, 5) is 2.54. The minimum Gasteiger partial charge on any atom is -0.497 e. The van der Waals surface area contributed by atoms with E-state index in [1.165, 1.54) is 24.8 Å². The van der Waals surface area contributed by atoms with E-state index in [0.29, 0.717) is 6.54 Å². The van der Waals surface area contributed by atoms with E-state index < -0.39 is 0 Å². The average Bonchev–Trinajstić information content (AvgIpc) is 2.50. The molecule has 1 aliphatic heterocycles. The van der Waals surface area contributed by atoms with Crippen LogP contribution in [0.15, 0.2) is 22.7 Å². The first kappa shape index (κ1) is 15.8. The summed E-state index contributed by atoms with van der Waals surface area (Å²) < 4.78 is 6.47. The number of rotatable bonds is 5. The van der Waals surface area contributed by atoms with Crippen molar-refractivity contribution < 1.29 is 4.74 Å². The predicted octanol–water partition coefficient (Wildman–Crippen LogP) is 3.58. The Kier molecular flexibility index (Phi) is 5.87. The van der Waals surface area contributed by atoms with Crippen molar-refractivity contribution in [3.8, 4) is 5.75 Å². The summed E-state index contributed by atoms with van der Waals surface area (Å²) in [5.41, 5.74) is 7.32. The molecule has 112 valence electrons.